The number of hydrogen-bond acceptors (Lipinski definition) is 2. The molecule has 1 aromatic carbocycles. The average Bonchev–Trinajstić information content (AvgIpc) is 2.20. The molecule has 5 heteroatoms. The molecule has 3 nitrogen and oxygen atoms in total. The van der Waals surface area contributed by atoms with Crippen LogP contribution in [0.25, 0.3) is 0 Å². The molecule has 1 aromatic rings. The Balaban J connectivity index is 2.94. The first-order valence-corrected chi connectivity index (χ1v) is 5.31. The normalized spacial score (nSPS) is 10.1. The monoisotopic (exact) mass is 275 g/mol. The molecular weight excluding hydrogens is 265 g/mol. The van der Waals surface area contributed by atoms with Crippen molar-refractivity contribution in [1.29, 1.82) is 0 Å². The summed E-state index contributed by atoms with van der Waals surface area (Å²) in [5, 5.41) is 11.7. The molecule has 0 heterocycles. The van der Waals surface area contributed by atoms with Crippen LogP contribution in [0.15, 0.2) is 16.6 Å². The molecule has 0 saturated carbocycles. The number of carbonyl (C=O) groups is 1. The number of halogens is 2. The molecule has 1 amide bonds. The minimum atomic E-state index is -0.806. The Morgan fingerprint density at radius 3 is 2.87 bits per heavy atom. The molecule has 0 radical (unpaired) electrons. The van der Waals surface area contributed by atoms with Crippen LogP contribution in [-0.4, -0.2) is 17.6 Å². The molecule has 0 spiro atoms. The Morgan fingerprint density at radius 1 is 1.60 bits per heavy atom. The third kappa shape index (κ3) is 2.92. The molecule has 0 aliphatic heterocycles. The van der Waals surface area contributed by atoms with Crippen molar-refractivity contribution in [2.45, 2.75) is 13.3 Å². The van der Waals surface area contributed by atoms with E-state index < -0.39 is 11.6 Å². The number of nitrogens with one attached hydrogen (secondary N) is 1. The first-order valence-electron chi connectivity index (χ1n) is 4.52. The Kier molecular flexibility index (Phi) is 4.08. The second-order valence-electron chi connectivity index (χ2n) is 3.04. The lowest BCUT2D eigenvalue weighted by Crippen LogP contribution is -2.24. The molecule has 0 unspecified atom stereocenters. The van der Waals surface area contributed by atoms with Crippen LogP contribution in [0.2, 0.25) is 0 Å². The van der Waals surface area contributed by atoms with Gasteiger partial charge in [-0.05, 0) is 34.5 Å². The van der Waals surface area contributed by atoms with Gasteiger partial charge < -0.3 is 10.4 Å². The smallest absolute Gasteiger partial charge is 0.252 e. The van der Waals surface area contributed by atoms with Gasteiger partial charge in [0.1, 0.15) is 0 Å². The van der Waals surface area contributed by atoms with Crippen molar-refractivity contribution < 1.29 is 14.3 Å². The van der Waals surface area contributed by atoms with E-state index in [9.17, 15) is 9.18 Å². The molecule has 15 heavy (non-hydrogen) atoms. The third-order valence-electron chi connectivity index (χ3n) is 1.82. The van der Waals surface area contributed by atoms with Crippen molar-refractivity contribution >= 4 is 21.8 Å². The molecule has 0 aromatic heterocycles. The van der Waals surface area contributed by atoms with E-state index in [1.165, 1.54) is 0 Å². The molecular formula is C10H11BrFNO2. The van der Waals surface area contributed by atoms with Crippen LogP contribution in [0.5, 0.6) is 5.75 Å². The minimum absolute atomic E-state index is 0.179. The topological polar surface area (TPSA) is 49.3 Å². The fourth-order valence-corrected chi connectivity index (χ4v) is 1.56. The summed E-state index contributed by atoms with van der Waals surface area (Å²) in [7, 11) is 0. The largest absolute Gasteiger partial charge is 0.505 e. The van der Waals surface area contributed by atoms with Gasteiger partial charge in [-0.15, -0.1) is 0 Å². The van der Waals surface area contributed by atoms with Crippen molar-refractivity contribution in [3.63, 3.8) is 0 Å². The molecule has 0 aliphatic carbocycles. The molecule has 0 fully saturated rings. The van der Waals surface area contributed by atoms with Crippen molar-refractivity contribution in [1.82, 2.24) is 5.32 Å². The highest BCUT2D eigenvalue weighted by molar-refractivity contribution is 9.10. The van der Waals surface area contributed by atoms with Crippen LogP contribution < -0.4 is 5.32 Å². The first-order chi connectivity index (χ1) is 7.06. The number of carbonyl (C=O) groups excluding carboxylic acids is 1. The Hall–Kier alpha value is -1.10. The van der Waals surface area contributed by atoms with Crippen LogP contribution in [0.4, 0.5) is 4.39 Å². The van der Waals surface area contributed by atoms with Gasteiger partial charge in [-0.25, -0.2) is 4.39 Å². The maximum Gasteiger partial charge on any atom is 0.252 e. The van der Waals surface area contributed by atoms with Gasteiger partial charge in [0.25, 0.3) is 5.91 Å². The number of phenolic OH excluding ortho intramolecular Hbond substituents is 1. The molecule has 0 atom stereocenters. The maximum absolute atomic E-state index is 13.0. The van der Waals surface area contributed by atoms with E-state index in [0.717, 1.165) is 18.6 Å². The summed E-state index contributed by atoms with van der Waals surface area (Å²) < 4.78 is 13.4. The lowest BCUT2D eigenvalue weighted by atomic mass is 10.2. The van der Waals surface area contributed by atoms with E-state index in [1.807, 2.05) is 6.92 Å². The van der Waals surface area contributed by atoms with Crippen molar-refractivity contribution in [3.05, 3.63) is 28.0 Å². The van der Waals surface area contributed by atoms with Gasteiger partial charge in [-0.1, -0.05) is 6.92 Å². The van der Waals surface area contributed by atoms with Crippen LogP contribution >= 0.6 is 15.9 Å². The summed E-state index contributed by atoms with van der Waals surface area (Å²) in [6.07, 6.45) is 0.809. The van der Waals surface area contributed by atoms with Gasteiger partial charge >= 0.3 is 0 Å². The molecule has 2 N–H and O–H groups in total. The molecule has 0 bridgehead atoms. The van der Waals surface area contributed by atoms with Gasteiger partial charge in [0.2, 0.25) is 0 Å². The highest BCUT2D eigenvalue weighted by atomic mass is 79.9. The lowest BCUT2D eigenvalue weighted by molar-refractivity contribution is 0.0952. The van der Waals surface area contributed by atoms with E-state index in [0.29, 0.717) is 11.0 Å². The molecule has 0 saturated heterocycles. The second-order valence-corrected chi connectivity index (χ2v) is 3.89. The van der Waals surface area contributed by atoms with Crippen molar-refractivity contribution in [2.75, 3.05) is 6.54 Å². The van der Waals surface area contributed by atoms with Gasteiger partial charge in [-0.3, -0.25) is 4.79 Å². The predicted molar refractivity (Wildman–Crippen MR) is 58.4 cm³/mol. The quantitative estimate of drug-likeness (QED) is 0.890. The number of amides is 1. The van der Waals surface area contributed by atoms with Crippen LogP contribution in [0.1, 0.15) is 23.7 Å². The minimum Gasteiger partial charge on any atom is -0.505 e. The van der Waals surface area contributed by atoms with Gasteiger partial charge in [0.05, 0.1) is 5.56 Å². The van der Waals surface area contributed by atoms with Crippen LogP contribution in [0.3, 0.4) is 0 Å². The highest BCUT2D eigenvalue weighted by Gasteiger charge is 2.13. The first kappa shape index (κ1) is 12.0. The zero-order valence-corrected chi connectivity index (χ0v) is 9.77. The number of benzene rings is 1. The average molecular weight is 276 g/mol. The Morgan fingerprint density at radius 2 is 2.27 bits per heavy atom. The van der Waals surface area contributed by atoms with Crippen LogP contribution in [-0.2, 0) is 0 Å². The van der Waals surface area contributed by atoms with Crippen molar-refractivity contribution in [3.8, 4) is 5.75 Å². The zero-order chi connectivity index (χ0) is 11.4. The summed E-state index contributed by atoms with van der Waals surface area (Å²) in [6.45, 7) is 2.46. The molecule has 1 rings (SSSR count). The number of phenols is 1. The van der Waals surface area contributed by atoms with E-state index in [4.69, 9.17) is 5.11 Å². The number of rotatable bonds is 3. The maximum atomic E-state index is 13.0. The van der Waals surface area contributed by atoms with E-state index in [2.05, 4.69) is 21.2 Å². The fourth-order valence-electron chi connectivity index (χ4n) is 1.04. The van der Waals surface area contributed by atoms with Crippen molar-refractivity contribution in [2.24, 2.45) is 0 Å². The Bertz CT molecular complexity index is 382. The fraction of sp³-hybridized carbons (Fsp3) is 0.300. The van der Waals surface area contributed by atoms with Gasteiger partial charge in [0.15, 0.2) is 11.6 Å². The van der Waals surface area contributed by atoms with Gasteiger partial charge in [0, 0.05) is 11.0 Å². The Labute approximate surface area is 95.4 Å². The standard InChI is InChI=1S/C10H11BrFNO2/c1-2-3-13-10(15)6-4-8(12)9(14)5-7(6)11/h4-5,14H,2-3H2,1H3,(H,13,15). The van der Waals surface area contributed by atoms with Gasteiger partial charge in [-0.2, -0.15) is 0 Å². The number of aromatic hydroxyl groups is 1. The summed E-state index contributed by atoms with van der Waals surface area (Å²) in [4.78, 5) is 11.5. The summed E-state index contributed by atoms with van der Waals surface area (Å²) in [6, 6.07) is 2.17. The summed E-state index contributed by atoms with van der Waals surface area (Å²) in [5.74, 6) is -1.64. The van der Waals surface area contributed by atoms with E-state index >= 15 is 0 Å². The summed E-state index contributed by atoms with van der Waals surface area (Å²) >= 11 is 3.09. The van der Waals surface area contributed by atoms with E-state index in [1.54, 1.807) is 0 Å². The lowest BCUT2D eigenvalue weighted by Gasteiger charge is -2.06. The third-order valence-corrected chi connectivity index (χ3v) is 2.47. The second kappa shape index (κ2) is 5.11. The van der Waals surface area contributed by atoms with E-state index in [-0.39, 0.29) is 11.5 Å². The molecule has 82 valence electrons. The van der Waals surface area contributed by atoms with Crippen LogP contribution in [0, 0.1) is 5.82 Å². The predicted octanol–water partition coefficient (Wildman–Crippen LogP) is 2.43. The zero-order valence-electron chi connectivity index (χ0n) is 8.18. The molecule has 0 aliphatic rings. The number of hydrogen-bond donors (Lipinski definition) is 2. The highest BCUT2D eigenvalue weighted by Crippen LogP contribution is 2.25. The summed E-state index contributed by atoms with van der Waals surface area (Å²) in [5.41, 5.74) is 0.179. The SMILES string of the molecule is CCCNC(=O)c1cc(F)c(O)cc1Br.